The summed E-state index contributed by atoms with van der Waals surface area (Å²) < 4.78 is 4.06. The number of nitrogens with zero attached hydrogens (tertiary/aromatic N) is 4. The highest BCUT2D eigenvalue weighted by Gasteiger charge is 2.08. The Morgan fingerprint density at radius 1 is 1.00 bits per heavy atom. The molecule has 0 aliphatic rings. The first kappa shape index (κ1) is 14.7. The van der Waals surface area contributed by atoms with Crippen molar-refractivity contribution in [3.8, 4) is 11.4 Å². The molecular formula is C19H18N4O. The molecule has 0 saturated heterocycles. The highest BCUT2D eigenvalue weighted by molar-refractivity contribution is 5.75. The van der Waals surface area contributed by atoms with E-state index in [1.165, 1.54) is 5.56 Å². The van der Waals surface area contributed by atoms with Gasteiger partial charge in [0.2, 0.25) is 0 Å². The topological polar surface area (TPSA) is 55.9 Å². The van der Waals surface area contributed by atoms with E-state index in [9.17, 15) is 5.11 Å². The molecule has 0 unspecified atom stereocenters. The van der Waals surface area contributed by atoms with Gasteiger partial charge >= 0.3 is 0 Å². The molecule has 0 amide bonds. The first-order valence-corrected chi connectivity index (χ1v) is 7.87. The van der Waals surface area contributed by atoms with Gasteiger partial charge in [-0.25, -0.2) is 9.97 Å². The fraction of sp³-hybridized carbons (Fsp3) is 0.158. The fourth-order valence-corrected chi connectivity index (χ4v) is 2.95. The largest absolute Gasteiger partial charge is 0.390 e. The lowest BCUT2D eigenvalue weighted by atomic mass is 10.1. The van der Waals surface area contributed by atoms with Crippen molar-refractivity contribution in [2.75, 3.05) is 0 Å². The molecule has 1 N–H and O–H groups in total. The van der Waals surface area contributed by atoms with Gasteiger partial charge in [-0.15, -0.1) is 0 Å². The number of rotatable bonds is 4. The molecule has 4 aromatic rings. The van der Waals surface area contributed by atoms with E-state index < -0.39 is 0 Å². The minimum absolute atomic E-state index is 0.00468. The van der Waals surface area contributed by atoms with E-state index in [2.05, 4.69) is 44.9 Å². The van der Waals surface area contributed by atoms with Gasteiger partial charge in [-0.3, -0.25) is 0 Å². The van der Waals surface area contributed by atoms with Crippen LogP contribution in [0.3, 0.4) is 0 Å². The maximum absolute atomic E-state index is 9.28. The molecule has 120 valence electrons. The second-order valence-corrected chi connectivity index (χ2v) is 5.85. The SMILES string of the molecule is Cn1c(CO)cnc1-c1ccc(Cn2cnc3ccccc32)cc1. The molecule has 4 rings (SSSR count). The zero-order valence-corrected chi connectivity index (χ0v) is 13.4. The maximum Gasteiger partial charge on any atom is 0.139 e. The van der Waals surface area contributed by atoms with E-state index in [0.717, 1.165) is 34.7 Å². The Morgan fingerprint density at radius 3 is 2.54 bits per heavy atom. The fourth-order valence-electron chi connectivity index (χ4n) is 2.95. The number of fused-ring (bicyclic) bond motifs is 1. The van der Waals surface area contributed by atoms with Crippen LogP contribution < -0.4 is 0 Å². The van der Waals surface area contributed by atoms with Gasteiger partial charge in [0.25, 0.3) is 0 Å². The average molecular weight is 318 g/mol. The van der Waals surface area contributed by atoms with Crippen molar-refractivity contribution in [2.24, 2.45) is 7.05 Å². The summed E-state index contributed by atoms with van der Waals surface area (Å²) in [7, 11) is 1.92. The van der Waals surface area contributed by atoms with E-state index in [4.69, 9.17) is 0 Å². The van der Waals surface area contributed by atoms with Crippen molar-refractivity contribution in [3.05, 3.63) is 72.3 Å². The van der Waals surface area contributed by atoms with E-state index in [1.54, 1.807) is 6.20 Å². The van der Waals surface area contributed by atoms with Crippen molar-refractivity contribution in [1.82, 2.24) is 19.1 Å². The zero-order valence-electron chi connectivity index (χ0n) is 13.4. The highest BCUT2D eigenvalue weighted by atomic mass is 16.3. The first-order chi connectivity index (χ1) is 11.8. The summed E-state index contributed by atoms with van der Waals surface area (Å²) in [6, 6.07) is 16.5. The standard InChI is InChI=1S/C19H18N4O/c1-22-16(12-24)10-20-19(22)15-8-6-14(7-9-15)11-23-13-21-17-4-2-3-5-18(17)23/h2-10,13,24H,11-12H2,1H3. The number of hydrogen-bond donors (Lipinski definition) is 1. The van der Waals surface area contributed by atoms with E-state index in [-0.39, 0.29) is 6.61 Å². The Hall–Kier alpha value is -2.92. The third-order valence-electron chi connectivity index (χ3n) is 4.34. The number of para-hydroxylation sites is 2. The van der Waals surface area contributed by atoms with Gasteiger partial charge in [-0.05, 0) is 17.7 Å². The molecule has 2 aromatic heterocycles. The van der Waals surface area contributed by atoms with Crippen LogP contribution in [0.2, 0.25) is 0 Å². The van der Waals surface area contributed by atoms with Crippen molar-refractivity contribution >= 4 is 11.0 Å². The van der Waals surface area contributed by atoms with Crippen LogP contribution in [0, 0.1) is 0 Å². The molecule has 0 fully saturated rings. The molecule has 0 aliphatic carbocycles. The summed E-state index contributed by atoms with van der Waals surface area (Å²) in [5.74, 6) is 0.860. The predicted molar refractivity (Wildman–Crippen MR) is 93.4 cm³/mol. The lowest BCUT2D eigenvalue weighted by Gasteiger charge is -2.07. The van der Waals surface area contributed by atoms with Gasteiger partial charge in [0.05, 0.1) is 35.9 Å². The third-order valence-corrected chi connectivity index (χ3v) is 4.34. The van der Waals surface area contributed by atoms with E-state index in [0.29, 0.717) is 0 Å². The Morgan fingerprint density at radius 2 is 1.79 bits per heavy atom. The number of aliphatic hydroxyl groups excluding tert-OH is 1. The second-order valence-electron chi connectivity index (χ2n) is 5.85. The van der Waals surface area contributed by atoms with Crippen LogP contribution in [0.5, 0.6) is 0 Å². The molecule has 0 radical (unpaired) electrons. The highest BCUT2D eigenvalue weighted by Crippen LogP contribution is 2.20. The number of imidazole rings is 2. The van der Waals surface area contributed by atoms with Crippen LogP contribution in [0.4, 0.5) is 0 Å². The van der Waals surface area contributed by atoms with Gasteiger partial charge in [0.1, 0.15) is 5.82 Å². The van der Waals surface area contributed by atoms with Crippen molar-refractivity contribution in [2.45, 2.75) is 13.2 Å². The Balaban J connectivity index is 1.61. The summed E-state index contributed by atoms with van der Waals surface area (Å²) in [6.07, 6.45) is 3.59. The van der Waals surface area contributed by atoms with E-state index >= 15 is 0 Å². The number of aliphatic hydroxyl groups is 1. The molecule has 0 atom stereocenters. The molecule has 5 heteroatoms. The molecule has 24 heavy (non-hydrogen) atoms. The Bertz CT molecular complexity index is 982. The normalized spacial score (nSPS) is 11.2. The van der Waals surface area contributed by atoms with Gasteiger partial charge in [0.15, 0.2) is 0 Å². The van der Waals surface area contributed by atoms with Crippen LogP contribution >= 0.6 is 0 Å². The minimum atomic E-state index is -0.00468. The molecule has 2 aromatic carbocycles. The van der Waals surface area contributed by atoms with Gasteiger partial charge < -0.3 is 14.2 Å². The predicted octanol–water partition coefficient (Wildman–Crippen LogP) is 2.98. The van der Waals surface area contributed by atoms with Crippen molar-refractivity contribution in [1.29, 1.82) is 0 Å². The molecular weight excluding hydrogens is 300 g/mol. The number of benzene rings is 2. The Kier molecular flexibility index (Phi) is 3.63. The lowest BCUT2D eigenvalue weighted by Crippen LogP contribution is -2.00. The number of aromatic nitrogens is 4. The van der Waals surface area contributed by atoms with Crippen LogP contribution in [-0.2, 0) is 20.2 Å². The second kappa shape index (κ2) is 5.94. The lowest BCUT2D eigenvalue weighted by molar-refractivity contribution is 0.273. The molecule has 0 saturated carbocycles. The smallest absolute Gasteiger partial charge is 0.139 e. The molecule has 2 heterocycles. The van der Waals surface area contributed by atoms with Gasteiger partial charge in [-0.1, -0.05) is 36.4 Å². The number of hydrogen-bond acceptors (Lipinski definition) is 3. The van der Waals surface area contributed by atoms with E-state index in [1.807, 2.05) is 36.1 Å². The molecule has 0 bridgehead atoms. The zero-order chi connectivity index (χ0) is 16.5. The van der Waals surface area contributed by atoms with Crippen LogP contribution in [0.1, 0.15) is 11.3 Å². The summed E-state index contributed by atoms with van der Waals surface area (Å²) in [5, 5.41) is 9.28. The van der Waals surface area contributed by atoms with Crippen LogP contribution in [-0.4, -0.2) is 24.2 Å². The molecule has 0 aliphatic heterocycles. The molecule has 0 spiro atoms. The summed E-state index contributed by atoms with van der Waals surface area (Å²) in [4.78, 5) is 8.82. The van der Waals surface area contributed by atoms with Crippen molar-refractivity contribution < 1.29 is 5.11 Å². The van der Waals surface area contributed by atoms with Crippen molar-refractivity contribution in [3.63, 3.8) is 0 Å². The summed E-state index contributed by atoms with van der Waals surface area (Å²) in [6.45, 7) is 0.776. The average Bonchev–Trinajstić information content (AvgIpc) is 3.19. The third kappa shape index (κ3) is 2.49. The maximum atomic E-state index is 9.28. The van der Waals surface area contributed by atoms with Crippen LogP contribution in [0.15, 0.2) is 61.1 Å². The van der Waals surface area contributed by atoms with Gasteiger partial charge in [-0.2, -0.15) is 0 Å². The van der Waals surface area contributed by atoms with Gasteiger partial charge in [0, 0.05) is 19.2 Å². The van der Waals surface area contributed by atoms with Crippen LogP contribution in [0.25, 0.3) is 22.4 Å². The first-order valence-electron chi connectivity index (χ1n) is 7.87. The monoisotopic (exact) mass is 318 g/mol. The summed E-state index contributed by atoms with van der Waals surface area (Å²) in [5.41, 5.74) is 5.20. The Labute approximate surface area is 139 Å². The minimum Gasteiger partial charge on any atom is -0.390 e. The summed E-state index contributed by atoms with van der Waals surface area (Å²) >= 11 is 0. The molecule has 5 nitrogen and oxygen atoms in total. The quantitative estimate of drug-likeness (QED) is 0.629.